The lowest BCUT2D eigenvalue weighted by Gasteiger charge is -2.36. The Labute approximate surface area is 232 Å². The molecule has 1 saturated heterocycles. The first-order valence-electron chi connectivity index (χ1n) is 13.9. The van der Waals surface area contributed by atoms with Crippen LogP contribution in [0.2, 0.25) is 0 Å². The van der Waals surface area contributed by atoms with Gasteiger partial charge in [-0.2, -0.15) is 0 Å². The number of esters is 1. The fraction of sp³-hybridized carbons (Fsp3) is 0.419. The van der Waals surface area contributed by atoms with Crippen LogP contribution >= 0.6 is 11.3 Å². The number of thiophene rings is 1. The van der Waals surface area contributed by atoms with Gasteiger partial charge in [-0.05, 0) is 66.4 Å². The highest BCUT2D eigenvalue weighted by molar-refractivity contribution is 7.17. The number of nitrogens with zero attached hydrogens (tertiary/aromatic N) is 3. The summed E-state index contributed by atoms with van der Waals surface area (Å²) < 4.78 is 22.2. The molecule has 1 fully saturated rings. The highest BCUT2D eigenvalue weighted by Crippen LogP contribution is 2.32. The van der Waals surface area contributed by atoms with Crippen LogP contribution in [0.3, 0.4) is 0 Å². The van der Waals surface area contributed by atoms with Gasteiger partial charge in [-0.15, -0.1) is 11.3 Å². The van der Waals surface area contributed by atoms with E-state index in [4.69, 9.17) is 4.74 Å². The van der Waals surface area contributed by atoms with Crippen LogP contribution in [-0.4, -0.2) is 48.2 Å². The molecule has 1 aliphatic heterocycles. The van der Waals surface area contributed by atoms with Gasteiger partial charge in [-0.3, -0.25) is 19.1 Å². The number of aryl methyl sites for hydroxylation is 1. The van der Waals surface area contributed by atoms with E-state index < -0.39 is 0 Å². The number of aromatic nitrogens is 1. The van der Waals surface area contributed by atoms with E-state index in [1.165, 1.54) is 0 Å². The number of ether oxygens (including phenoxy) is 1. The van der Waals surface area contributed by atoms with Crippen molar-refractivity contribution in [2.45, 2.75) is 52.7 Å². The predicted molar refractivity (Wildman–Crippen MR) is 157 cm³/mol. The number of halogens is 1. The molecule has 0 amide bonds. The summed E-state index contributed by atoms with van der Waals surface area (Å²) in [5.74, 6) is -0.447. The molecular weight excluding hydrogens is 513 g/mol. The van der Waals surface area contributed by atoms with Crippen LogP contribution in [0.25, 0.3) is 21.0 Å². The van der Waals surface area contributed by atoms with Crippen molar-refractivity contribution in [1.82, 2.24) is 9.47 Å². The fourth-order valence-electron chi connectivity index (χ4n) is 5.35. The first kappa shape index (κ1) is 27.3. The van der Waals surface area contributed by atoms with E-state index in [2.05, 4.69) is 34.9 Å². The Hall–Kier alpha value is -3.23. The van der Waals surface area contributed by atoms with Crippen LogP contribution in [0.1, 0.15) is 43.7 Å². The number of anilines is 1. The average Bonchev–Trinajstić information content (AvgIpc) is 3.41. The Balaban J connectivity index is 1.23. The van der Waals surface area contributed by atoms with E-state index >= 15 is 0 Å². The Morgan fingerprint density at radius 2 is 1.87 bits per heavy atom. The Bertz CT molecular complexity index is 1520. The molecule has 0 bridgehead atoms. The number of rotatable bonds is 10. The van der Waals surface area contributed by atoms with Gasteiger partial charge in [0.25, 0.3) is 5.56 Å². The zero-order valence-corrected chi connectivity index (χ0v) is 23.6. The van der Waals surface area contributed by atoms with Crippen molar-refractivity contribution in [3.8, 4) is 0 Å². The molecule has 206 valence electrons. The molecule has 8 heteroatoms. The Morgan fingerprint density at radius 3 is 2.67 bits per heavy atom. The van der Waals surface area contributed by atoms with Crippen LogP contribution in [-0.2, 0) is 22.7 Å². The number of hydrogen-bond donors (Lipinski definition) is 0. The van der Waals surface area contributed by atoms with Crippen molar-refractivity contribution in [3.63, 3.8) is 0 Å². The third-order valence-electron chi connectivity index (χ3n) is 7.62. The molecule has 2 aromatic carbocycles. The fourth-order valence-corrected chi connectivity index (χ4v) is 6.19. The predicted octanol–water partition coefficient (Wildman–Crippen LogP) is 6.11. The molecule has 0 atom stereocenters. The van der Waals surface area contributed by atoms with Crippen LogP contribution in [0.15, 0.2) is 52.6 Å². The van der Waals surface area contributed by atoms with Gasteiger partial charge in [0.15, 0.2) is 6.73 Å². The van der Waals surface area contributed by atoms with Gasteiger partial charge in [0.1, 0.15) is 5.82 Å². The zero-order valence-electron chi connectivity index (χ0n) is 22.7. The first-order chi connectivity index (χ1) is 18.9. The molecule has 0 saturated carbocycles. The second-order valence-corrected chi connectivity index (χ2v) is 11.3. The van der Waals surface area contributed by atoms with Crippen molar-refractivity contribution in [2.75, 3.05) is 37.6 Å². The van der Waals surface area contributed by atoms with Crippen molar-refractivity contribution in [2.24, 2.45) is 0 Å². The number of pyridine rings is 1. The van der Waals surface area contributed by atoms with Crippen LogP contribution in [0.5, 0.6) is 0 Å². The number of unbranched alkanes of at least 4 members (excludes halogenated alkanes) is 2. The maximum absolute atomic E-state index is 14.2. The quantitative estimate of drug-likeness (QED) is 0.177. The Morgan fingerprint density at radius 1 is 1.05 bits per heavy atom. The van der Waals surface area contributed by atoms with Crippen LogP contribution in [0, 0.1) is 12.7 Å². The summed E-state index contributed by atoms with van der Waals surface area (Å²) in [6.45, 7) is 8.26. The summed E-state index contributed by atoms with van der Waals surface area (Å²) in [6.07, 6.45) is 4.06. The lowest BCUT2D eigenvalue weighted by molar-refractivity contribution is -0.147. The molecule has 0 aliphatic carbocycles. The molecule has 39 heavy (non-hydrogen) atoms. The van der Waals surface area contributed by atoms with Crippen molar-refractivity contribution in [3.05, 3.63) is 75.1 Å². The lowest BCUT2D eigenvalue weighted by atomic mass is 10.1. The van der Waals surface area contributed by atoms with Crippen molar-refractivity contribution in [1.29, 1.82) is 0 Å². The maximum Gasteiger partial charge on any atom is 0.307 e. The van der Waals surface area contributed by atoms with Crippen molar-refractivity contribution >= 4 is 44.0 Å². The molecule has 4 aromatic rings. The number of carbonyl (C=O) groups is 1. The van der Waals surface area contributed by atoms with E-state index in [1.807, 2.05) is 17.5 Å². The second-order valence-electron chi connectivity index (χ2n) is 10.4. The second kappa shape index (κ2) is 12.3. The summed E-state index contributed by atoms with van der Waals surface area (Å²) in [7, 11) is 0. The number of hydrogen-bond acceptors (Lipinski definition) is 6. The molecule has 3 heterocycles. The highest BCUT2D eigenvalue weighted by atomic mass is 32.1. The normalized spacial score (nSPS) is 14.4. The topological polar surface area (TPSA) is 54.8 Å². The minimum Gasteiger partial charge on any atom is -0.444 e. The molecule has 5 rings (SSSR count). The molecule has 0 unspecified atom stereocenters. The standard InChI is InChI=1S/C31H36FN3O3S/c1-3-4-5-6-30(36)38-21-35-27-18-23(7-8-24(27)17-22(2)31(35)37)9-11-33-12-14-34(15-13-33)28-19-25(32)20-29-26(28)10-16-39-29/h7-8,10,16-20H,3-6,9,11-15,21H2,1-2H3. The number of benzene rings is 2. The number of fused-ring (bicyclic) bond motifs is 2. The van der Waals surface area contributed by atoms with Crippen LogP contribution < -0.4 is 10.5 Å². The van der Waals surface area contributed by atoms with Gasteiger partial charge in [0.05, 0.1) is 5.52 Å². The monoisotopic (exact) mass is 549 g/mol. The molecule has 2 aromatic heterocycles. The molecule has 0 N–H and O–H groups in total. The van der Waals surface area contributed by atoms with E-state index in [9.17, 15) is 14.0 Å². The first-order valence-corrected chi connectivity index (χ1v) is 14.7. The smallest absolute Gasteiger partial charge is 0.307 e. The van der Waals surface area contributed by atoms with Gasteiger partial charge in [0.2, 0.25) is 0 Å². The summed E-state index contributed by atoms with van der Waals surface area (Å²) in [4.78, 5) is 29.8. The average molecular weight is 550 g/mol. The minimum atomic E-state index is -0.265. The van der Waals surface area contributed by atoms with E-state index in [0.29, 0.717) is 12.0 Å². The number of carbonyl (C=O) groups excluding carboxylic acids is 1. The van der Waals surface area contributed by atoms with Gasteiger partial charge >= 0.3 is 5.97 Å². The molecular formula is C31H36FN3O3S. The van der Waals surface area contributed by atoms with Gasteiger partial charge in [-0.25, -0.2) is 4.39 Å². The SMILES string of the molecule is CCCCCC(=O)OCn1c(=O)c(C)cc2ccc(CCN3CCN(c4cc(F)cc5sccc45)CC3)cc21. The van der Waals surface area contributed by atoms with Gasteiger partial charge < -0.3 is 9.64 Å². The van der Waals surface area contributed by atoms with Gasteiger partial charge in [-0.1, -0.05) is 31.9 Å². The van der Waals surface area contributed by atoms with E-state index in [-0.39, 0.29) is 24.1 Å². The van der Waals surface area contributed by atoms with E-state index in [1.54, 1.807) is 35.0 Å². The summed E-state index contributed by atoms with van der Waals surface area (Å²) in [5.41, 5.74) is 3.42. The largest absolute Gasteiger partial charge is 0.444 e. The summed E-state index contributed by atoms with van der Waals surface area (Å²) in [6, 6.07) is 13.5. The molecule has 0 radical (unpaired) electrons. The summed E-state index contributed by atoms with van der Waals surface area (Å²) in [5, 5.41) is 4.10. The third-order valence-corrected chi connectivity index (χ3v) is 8.49. The lowest BCUT2D eigenvalue weighted by Crippen LogP contribution is -2.47. The summed E-state index contributed by atoms with van der Waals surface area (Å²) >= 11 is 1.57. The zero-order chi connectivity index (χ0) is 27.4. The molecule has 0 spiro atoms. The molecule has 6 nitrogen and oxygen atoms in total. The van der Waals surface area contributed by atoms with Crippen molar-refractivity contribution < 1.29 is 13.9 Å². The van der Waals surface area contributed by atoms with Gasteiger partial charge in [0, 0.05) is 60.5 Å². The maximum atomic E-state index is 14.2. The van der Waals surface area contributed by atoms with E-state index in [0.717, 1.165) is 90.6 Å². The number of piperazine rings is 1. The Kier molecular flexibility index (Phi) is 8.63. The van der Waals surface area contributed by atoms with Crippen LogP contribution in [0.4, 0.5) is 10.1 Å². The third kappa shape index (κ3) is 6.34. The highest BCUT2D eigenvalue weighted by Gasteiger charge is 2.20. The molecule has 1 aliphatic rings. The minimum absolute atomic E-state index is 0.0646.